The Morgan fingerprint density at radius 3 is 2.50 bits per heavy atom. The molecule has 8 heteroatoms. The van der Waals surface area contributed by atoms with Crippen LogP contribution in [-0.4, -0.2) is 26.3 Å². The van der Waals surface area contributed by atoms with Gasteiger partial charge >= 0.3 is 12.1 Å². The Labute approximate surface area is 111 Å². The summed E-state index contributed by atoms with van der Waals surface area (Å²) in [6.07, 6.45) is -4.10. The maximum absolute atomic E-state index is 13.0. The van der Waals surface area contributed by atoms with Crippen LogP contribution in [0.15, 0.2) is 30.5 Å². The summed E-state index contributed by atoms with van der Waals surface area (Å²) in [5.41, 5.74) is -1.24. The number of aromatic nitrogens is 2. The van der Waals surface area contributed by atoms with Gasteiger partial charge in [-0.2, -0.15) is 18.3 Å². The number of aromatic carboxylic acids is 1. The van der Waals surface area contributed by atoms with Crippen LogP contribution in [0.4, 0.5) is 13.2 Å². The molecule has 0 atom stereocenters. The van der Waals surface area contributed by atoms with Gasteiger partial charge in [-0.05, 0) is 24.6 Å². The molecule has 5 nitrogen and oxygen atoms in total. The van der Waals surface area contributed by atoms with Gasteiger partial charge in [0.2, 0.25) is 0 Å². The van der Waals surface area contributed by atoms with Crippen LogP contribution in [0.3, 0.4) is 0 Å². The van der Waals surface area contributed by atoms with Gasteiger partial charge in [0.15, 0.2) is 5.69 Å². The van der Waals surface area contributed by atoms with Gasteiger partial charge < -0.3 is 10.6 Å². The van der Waals surface area contributed by atoms with Crippen LogP contribution in [0.5, 0.6) is 0 Å². The minimum absolute atomic E-state index is 0. The lowest BCUT2D eigenvalue weighted by Gasteiger charge is -2.11. The van der Waals surface area contributed by atoms with E-state index in [1.165, 1.54) is 12.1 Å². The van der Waals surface area contributed by atoms with Gasteiger partial charge in [0, 0.05) is 0 Å². The van der Waals surface area contributed by atoms with Crippen molar-refractivity contribution in [2.75, 3.05) is 0 Å². The first-order valence-corrected chi connectivity index (χ1v) is 5.26. The van der Waals surface area contributed by atoms with Crippen LogP contribution in [0.25, 0.3) is 5.69 Å². The standard InChI is InChI=1S/C12H9F3N2O2.H2O/c1-7-3-2-4-8(5-7)17-10(12(13,14)15)9(6-16-17)11(18)19;/h2-6H,1H3,(H,18,19);1H2. The monoisotopic (exact) mass is 288 g/mol. The molecule has 0 bridgehead atoms. The third kappa shape index (κ3) is 2.80. The van der Waals surface area contributed by atoms with Gasteiger partial charge in [0.1, 0.15) is 5.56 Å². The fraction of sp³-hybridized carbons (Fsp3) is 0.167. The van der Waals surface area contributed by atoms with E-state index in [9.17, 15) is 18.0 Å². The molecule has 1 heterocycles. The van der Waals surface area contributed by atoms with E-state index >= 15 is 0 Å². The molecule has 2 rings (SSSR count). The molecular formula is C12H11F3N2O3. The van der Waals surface area contributed by atoms with E-state index in [0.29, 0.717) is 10.9 Å². The zero-order chi connectivity index (χ0) is 14.2. The Balaban J connectivity index is 0.00000200. The molecule has 0 fully saturated rings. The average Bonchev–Trinajstić information content (AvgIpc) is 2.73. The Bertz CT molecular complexity index is 635. The maximum Gasteiger partial charge on any atom is 0.434 e. The van der Waals surface area contributed by atoms with Crippen molar-refractivity contribution >= 4 is 5.97 Å². The normalized spacial score (nSPS) is 11.0. The van der Waals surface area contributed by atoms with E-state index in [2.05, 4.69) is 5.10 Å². The van der Waals surface area contributed by atoms with E-state index in [1.54, 1.807) is 19.1 Å². The molecule has 108 valence electrons. The van der Waals surface area contributed by atoms with E-state index < -0.39 is 23.4 Å². The quantitative estimate of drug-likeness (QED) is 0.917. The molecule has 0 aliphatic heterocycles. The molecule has 0 unspecified atom stereocenters. The number of rotatable bonds is 2. The molecule has 0 radical (unpaired) electrons. The number of carboxylic acid groups (broad SMARTS) is 1. The molecule has 0 amide bonds. The van der Waals surface area contributed by atoms with Crippen molar-refractivity contribution in [3.8, 4) is 5.69 Å². The molecule has 0 aliphatic carbocycles. The highest BCUT2D eigenvalue weighted by molar-refractivity contribution is 5.89. The summed E-state index contributed by atoms with van der Waals surface area (Å²) in [5.74, 6) is -1.66. The maximum atomic E-state index is 13.0. The summed E-state index contributed by atoms with van der Waals surface area (Å²) in [4.78, 5) is 10.8. The summed E-state index contributed by atoms with van der Waals surface area (Å²) in [7, 11) is 0. The minimum Gasteiger partial charge on any atom is -0.478 e. The molecule has 20 heavy (non-hydrogen) atoms. The molecule has 2 aromatic rings. The van der Waals surface area contributed by atoms with E-state index in [-0.39, 0.29) is 11.2 Å². The zero-order valence-corrected chi connectivity index (χ0v) is 10.3. The molecule has 0 saturated heterocycles. The van der Waals surface area contributed by atoms with E-state index in [0.717, 1.165) is 5.56 Å². The smallest absolute Gasteiger partial charge is 0.434 e. The van der Waals surface area contributed by atoms with Gasteiger partial charge in [-0.15, -0.1) is 0 Å². The topological polar surface area (TPSA) is 86.6 Å². The van der Waals surface area contributed by atoms with Gasteiger partial charge in [-0.3, -0.25) is 0 Å². The first kappa shape index (κ1) is 15.7. The lowest BCUT2D eigenvalue weighted by atomic mass is 10.2. The van der Waals surface area contributed by atoms with E-state index in [1.807, 2.05) is 0 Å². The number of carbonyl (C=O) groups is 1. The van der Waals surface area contributed by atoms with Gasteiger partial charge in [0.25, 0.3) is 0 Å². The SMILES string of the molecule is Cc1cccc(-n2ncc(C(=O)O)c2C(F)(F)F)c1.O. The highest BCUT2D eigenvalue weighted by atomic mass is 19.4. The lowest BCUT2D eigenvalue weighted by molar-refractivity contribution is -0.143. The summed E-state index contributed by atoms with van der Waals surface area (Å²) in [6.45, 7) is 1.72. The molecule has 0 aliphatic rings. The second-order valence-electron chi connectivity index (χ2n) is 3.96. The molecule has 1 aromatic heterocycles. The highest BCUT2D eigenvalue weighted by Gasteiger charge is 2.40. The Hall–Kier alpha value is -2.35. The Morgan fingerprint density at radius 2 is 2.00 bits per heavy atom. The summed E-state index contributed by atoms with van der Waals surface area (Å²) >= 11 is 0. The molecule has 0 spiro atoms. The molecule has 1 aromatic carbocycles. The van der Waals surface area contributed by atoms with Crippen molar-refractivity contribution in [1.29, 1.82) is 0 Å². The fourth-order valence-electron chi connectivity index (χ4n) is 1.73. The van der Waals surface area contributed by atoms with Gasteiger partial charge in [0.05, 0.1) is 11.9 Å². The zero-order valence-electron chi connectivity index (χ0n) is 10.3. The Kier molecular flexibility index (Phi) is 4.19. The third-order valence-corrected chi connectivity index (χ3v) is 2.51. The number of alkyl halides is 3. The van der Waals surface area contributed by atoms with Crippen LogP contribution in [0.2, 0.25) is 0 Å². The van der Waals surface area contributed by atoms with Crippen LogP contribution in [0, 0.1) is 6.92 Å². The van der Waals surface area contributed by atoms with E-state index in [4.69, 9.17) is 5.11 Å². The number of hydrogen-bond donors (Lipinski definition) is 1. The highest BCUT2D eigenvalue weighted by Crippen LogP contribution is 2.33. The van der Waals surface area contributed by atoms with Crippen LogP contribution < -0.4 is 0 Å². The summed E-state index contributed by atoms with van der Waals surface area (Å²) < 4.78 is 39.5. The summed E-state index contributed by atoms with van der Waals surface area (Å²) in [6, 6.07) is 6.22. The predicted octanol–water partition coefficient (Wildman–Crippen LogP) is 2.07. The molecular weight excluding hydrogens is 277 g/mol. The number of carboxylic acids is 1. The van der Waals surface area contributed by atoms with Crippen LogP contribution in [-0.2, 0) is 6.18 Å². The first-order chi connectivity index (χ1) is 8.80. The number of benzene rings is 1. The van der Waals surface area contributed by atoms with Crippen molar-refractivity contribution in [2.45, 2.75) is 13.1 Å². The number of aryl methyl sites for hydroxylation is 1. The largest absolute Gasteiger partial charge is 0.478 e. The number of halogens is 3. The van der Waals surface area contributed by atoms with Crippen molar-refractivity contribution in [3.63, 3.8) is 0 Å². The first-order valence-electron chi connectivity index (χ1n) is 5.26. The van der Waals surface area contributed by atoms with Crippen molar-refractivity contribution in [3.05, 3.63) is 47.3 Å². The second-order valence-corrected chi connectivity index (χ2v) is 3.96. The second kappa shape index (κ2) is 5.33. The molecule has 0 saturated carbocycles. The van der Waals surface area contributed by atoms with Crippen molar-refractivity contribution < 1.29 is 28.5 Å². The average molecular weight is 288 g/mol. The van der Waals surface area contributed by atoms with Crippen molar-refractivity contribution in [1.82, 2.24) is 9.78 Å². The fourth-order valence-corrected chi connectivity index (χ4v) is 1.73. The lowest BCUT2D eigenvalue weighted by Crippen LogP contribution is -2.17. The van der Waals surface area contributed by atoms with Crippen LogP contribution in [0.1, 0.15) is 21.6 Å². The van der Waals surface area contributed by atoms with Gasteiger partial charge in [-0.25, -0.2) is 9.48 Å². The van der Waals surface area contributed by atoms with Crippen LogP contribution >= 0.6 is 0 Å². The molecule has 3 N–H and O–H groups in total. The number of hydrogen-bond acceptors (Lipinski definition) is 2. The van der Waals surface area contributed by atoms with Crippen molar-refractivity contribution in [2.24, 2.45) is 0 Å². The predicted molar refractivity (Wildman–Crippen MR) is 63.9 cm³/mol. The summed E-state index contributed by atoms with van der Waals surface area (Å²) in [5, 5.41) is 12.3. The Morgan fingerprint density at radius 1 is 1.35 bits per heavy atom. The third-order valence-electron chi connectivity index (χ3n) is 2.51. The number of nitrogens with zero attached hydrogens (tertiary/aromatic N) is 2. The minimum atomic E-state index is -4.80. The van der Waals surface area contributed by atoms with Gasteiger partial charge in [-0.1, -0.05) is 12.1 Å².